The number of aromatic hydroxyl groups is 2. The van der Waals surface area contributed by atoms with E-state index < -0.39 is 0 Å². The molecule has 1 aliphatic rings. The molecule has 4 heteroatoms. The first-order chi connectivity index (χ1) is 8.25. The zero-order chi connectivity index (χ0) is 12.1. The SMILES string of the molecule is Oc1ccc(OCCC2CCNCC2)cc1O. The Hall–Kier alpha value is -1.42. The number of hydrogen-bond donors (Lipinski definition) is 3. The van der Waals surface area contributed by atoms with E-state index in [1.165, 1.54) is 25.0 Å². The van der Waals surface area contributed by atoms with Crippen LogP contribution in [-0.4, -0.2) is 29.9 Å². The van der Waals surface area contributed by atoms with Crippen molar-refractivity contribution in [3.8, 4) is 17.2 Å². The molecule has 0 bridgehead atoms. The average molecular weight is 237 g/mol. The van der Waals surface area contributed by atoms with Crippen molar-refractivity contribution in [1.82, 2.24) is 5.32 Å². The van der Waals surface area contributed by atoms with Crippen molar-refractivity contribution in [2.24, 2.45) is 5.92 Å². The molecule has 1 saturated heterocycles. The van der Waals surface area contributed by atoms with Crippen molar-refractivity contribution >= 4 is 0 Å². The molecule has 1 aliphatic heterocycles. The minimum atomic E-state index is -0.135. The number of hydrogen-bond acceptors (Lipinski definition) is 4. The van der Waals surface area contributed by atoms with Crippen LogP contribution in [0, 0.1) is 5.92 Å². The summed E-state index contributed by atoms with van der Waals surface area (Å²) < 4.78 is 5.55. The predicted molar refractivity (Wildman–Crippen MR) is 65.5 cm³/mol. The molecule has 3 N–H and O–H groups in total. The van der Waals surface area contributed by atoms with Crippen molar-refractivity contribution in [1.29, 1.82) is 0 Å². The van der Waals surface area contributed by atoms with Gasteiger partial charge in [-0.25, -0.2) is 0 Å². The van der Waals surface area contributed by atoms with Crippen LogP contribution in [0.5, 0.6) is 17.2 Å². The van der Waals surface area contributed by atoms with E-state index in [9.17, 15) is 5.11 Å². The molecule has 0 aliphatic carbocycles. The molecule has 1 aromatic rings. The molecule has 0 unspecified atom stereocenters. The summed E-state index contributed by atoms with van der Waals surface area (Å²) in [6.45, 7) is 2.87. The lowest BCUT2D eigenvalue weighted by atomic mass is 9.95. The van der Waals surface area contributed by atoms with Crippen LogP contribution in [0.25, 0.3) is 0 Å². The summed E-state index contributed by atoms with van der Waals surface area (Å²) in [5.74, 6) is 1.09. The van der Waals surface area contributed by atoms with Gasteiger partial charge < -0.3 is 20.3 Å². The number of nitrogens with one attached hydrogen (secondary N) is 1. The zero-order valence-corrected chi connectivity index (χ0v) is 9.85. The van der Waals surface area contributed by atoms with Crippen molar-refractivity contribution in [3.63, 3.8) is 0 Å². The fourth-order valence-corrected chi connectivity index (χ4v) is 2.11. The molecule has 94 valence electrons. The van der Waals surface area contributed by atoms with E-state index in [0.717, 1.165) is 25.4 Å². The summed E-state index contributed by atoms with van der Waals surface area (Å²) in [5.41, 5.74) is 0. The van der Waals surface area contributed by atoms with Crippen LogP contribution in [0.2, 0.25) is 0 Å². The molecule has 0 aromatic heterocycles. The van der Waals surface area contributed by atoms with Gasteiger partial charge in [0.25, 0.3) is 0 Å². The van der Waals surface area contributed by atoms with Gasteiger partial charge in [-0.1, -0.05) is 0 Å². The monoisotopic (exact) mass is 237 g/mol. The van der Waals surface area contributed by atoms with Gasteiger partial charge in [0.1, 0.15) is 5.75 Å². The van der Waals surface area contributed by atoms with Crippen molar-refractivity contribution in [2.45, 2.75) is 19.3 Å². The summed E-state index contributed by atoms with van der Waals surface area (Å²) in [7, 11) is 0. The van der Waals surface area contributed by atoms with Crippen molar-refractivity contribution in [2.75, 3.05) is 19.7 Å². The zero-order valence-electron chi connectivity index (χ0n) is 9.85. The van der Waals surface area contributed by atoms with Gasteiger partial charge in [0.2, 0.25) is 0 Å². The van der Waals surface area contributed by atoms with Gasteiger partial charge in [-0.15, -0.1) is 0 Å². The molecule has 0 spiro atoms. The standard InChI is InChI=1S/C13H19NO3/c15-12-2-1-11(9-13(12)16)17-8-5-10-3-6-14-7-4-10/h1-2,9-10,14-16H,3-8H2. The van der Waals surface area contributed by atoms with Gasteiger partial charge in [0.05, 0.1) is 6.61 Å². The maximum Gasteiger partial charge on any atom is 0.161 e. The highest BCUT2D eigenvalue weighted by molar-refractivity contribution is 5.43. The lowest BCUT2D eigenvalue weighted by molar-refractivity contribution is 0.250. The fraction of sp³-hybridized carbons (Fsp3) is 0.538. The fourth-order valence-electron chi connectivity index (χ4n) is 2.11. The van der Waals surface area contributed by atoms with E-state index in [-0.39, 0.29) is 11.5 Å². The van der Waals surface area contributed by atoms with E-state index in [0.29, 0.717) is 12.4 Å². The lowest BCUT2D eigenvalue weighted by Crippen LogP contribution is -2.28. The Kier molecular flexibility index (Phi) is 4.09. The molecule has 0 saturated carbocycles. The molecule has 17 heavy (non-hydrogen) atoms. The minimum Gasteiger partial charge on any atom is -0.504 e. The Labute approximate surface area is 101 Å². The highest BCUT2D eigenvalue weighted by Gasteiger charge is 2.12. The molecular formula is C13H19NO3. The number of phenolic OH excluding ortho intramolecular Hbond substituents is 2. The number of piperidine rings is 1. The Morgan fingerprint density at radius 2 is 1.94 bits per heavy atom. The van der Waals surface area contributed by atoms with Gasteiger partial charge in [0, 0.05) is 6.07 Å². The van der Waals surface area contributed by atoms with Crippen LogP contribution in [-0.2, 0) is 0 Å². The number of ether oxygens (including phenoxy) is 1. The second kappa shape index (κ2) is 5.77. The highest BCUT2D eigenvalue weighted by Crippen LogP contribution is 2.28. The first kappa shape index (κ1) is 12.0. The summed E-state index contributed by atoms with van der Waals surface area (Å²) in [6, 6.07) is 4.55. The topological polar surface area (TPSA) is 61.7 Å². The van der Waals surface area contributed by atoms with Crippen LogP contribution in [0.1, 0.15) is 19.3 Å². The number of phenols is 2. The predicted octanol–water partition coefficient (Wildman–Crippen LogP) is 1.87. The third-order valence-corrected chi connectivity index (χ3v) is 3.20. The van der Waals surface area contributed by atoms with E-state index >= 15 is 0 Å². The van der Waals surface area contributed by atoms with Crippen molar-refractivity contribution in [3.05, 3.63) is 18.2 Å². The van der Waals surface area contributed by atoms with Gasteiger partial charge in [0.15, 0.2) is 11.5 Å². The smallest absolute Gasteiger partial charge is 0.161 e. The van der Waals surface area contributed by atoms with E-state index in [1.54, 1.807) is 6.07 Å². The van der Waals surface area contributed by atoms with Crippen LogP contribution >= 0.6 is 0 Å². The lowest BCUT2D eigenvalue weighted by Gasteiger charge is -2.22. The van der Waals surface area contributed by atoms with Crippen LogP contribution in [0.15, 0.2) is 18.2 Å². The summed E-state index contributed by atoms with van der Waals surface area (Å²) >= 11 is 0. The van der Waals surface area contributed by atoms with Crippen LogP contribution in [0.3, 0.4) is 0 Å². The van der Waals surface area contributed by atoms with Gasteiger partial charge in [-0.05, 0) is 50.4 Å². The van der Waals surface area contributed by atoms with Crippen molar-refractivity contribution < 1.29 is 14.9 Å². The number of rotatable bonds is 4. The Morgan fingerprint density at radius 1 is 1.18 bits per heavy atom. The molecule has 4 nitrogen and oxygen atoms in total. The van der Waals surface area contributed by atoms with Crippen LogP contribution in [0.4, 0.5) is 0 Å². The Morgan fingerprint density at radius 3 is 2.65 bits per heavy atom. The number of benzene rings is 1. The molecule has 0 atom stereocenters. The molecular weight excluding hydrogens is 218 g/mol. The normalized spacial score (nSPS) is 16.9. The third-order valence-electron chi connectivity index (χ3n) is 3.20. The summed E-state index contributed by atoms with van der Waals surface area (Å²) in [5, 5.41) is 21.8. The molecule has 2 rings (SSSR count). The van der Waals surface area contributed by atoms with Gasteiger partial charge in [-0.2, -0.15) is 0 Å². The second-order valence-electron chi connectivity index (χ2n) is 4.48. The molecule has 1 fully saturated rings. The molecule has 1 aromatic carbocycles. The maximum atomic E-state index is 9.31. The molecule has 0 radical (unpaired) electrons. The first-order valence-corrected chi connectivity index (χ1v) is 6.11. The molecule has 1 heterocycles. The van der Waals surface area contributed by atoms with Gasteiger partial charge in [-0.3, -0.25) is 0 Å². The van der Waals surface area contributed by atoms with E-state index in [2.05, 4.69) is 5.32 Å². The van der Waals surface area contributed by atoms with E-state index in [1.807, 2.05) is 0 Å². The van der Waals surface area contributed by atoms with Crippen LogP contribution < -0.4 is 10.1 Å². The average Bonchev–Trinajstić information content (AvgIpc) is 2.35. The summed E-state index contributed by atoms with van der Waals surface area (Å²) in [6.07, 6.45) is 3.47. The second-order valence-corrected chi connectivity index (χ2v) is 4.48. The maximum absolute atomic E-state index is 9.31. The summed E-state index contributed by atoms with van der Waals surface area (Å²) in [4.78, 5) is 0. The Balaban J connectivity index is 1.75. The minimum absolute atomic E-state index is 0.115. The third kappa shape index (κ3) is 3.53. The first-order valence-electron chi connectivity index (χ1n) is 6.11. The largest absolute Gasteiger partial charge is 0.504 e. The van der Waals surface area contributed by atoms with E-state index in [4.69, 9.17) is 9.84 Å². The Bertz CT molecular complexity index is 362. The molecule has 0 amide bonds. The quantitative estimate of drug-likeness (QED) is 0.700. The van der Waals surface area contributed by atoms with Gasteiger partial charge >= 0.3 is 0 Å². The highest BCUT2D eigenvalue weighted by atomic mass is 16.5.